The topological polar surface area (TPSA) is 64.5 Å². The molecule has 1 unspecified atom stereocenters. The lowest BCUT2D eigenvalue weighted by Gasteiger charge is -2.34. The quantitative estimate of drug-likeness (QED) is 0.249. The summed E-state index contributed by atoms with van der Waals surface area (Å²) in [5.41, 5.74) is 4.71. The minimum atomic E-state index is -0.471. The number of aryl methyl sites for hydroxylation is 1. The molecule has 5 rings (SSSR count). The Kier molecular flexibility index (Phi) is 7.28. The zero-order chi connectivity index (χ0) is 24.9. The van der Waals surface area contributed by atoms with Crippen LogP contribution in [0.4, 0.5) is 5.69 Å². The number of fused-ring (bicyclic) bond motifs is 1. The highest BCUT2D eigenvalue weighted by molar-refractivity contribution is 7.13. The highest BCUT2D eigenvalue weighted by atomic mass is 32.1. The van der Waals surface area contributed by atoms with Gasteiger partial charge in [0.1, 0.15) is 16.5 Å². The standard InChI is InChI=1S/C29H29N3O3S/c1-3-20-9-12-22(13-10-20)34-17-7-16-32-25-18-21(11-14-27(25)35-26(4-2)29(32)33)24-19-36-28(31-24)23-8-5-6-15-30-23/h5-6,8-15,18-19,26H,3-4,7,16-17H2,1-2H3. The van der Waals surface area contributed by atoms with Crippen LogP contribution >= 0.6 is 11.3 Å². The predicted octanol–water partition coefficient (Wildman–Crippen LogP) is 6.41. The first-order valence-corrected chi connectivity index (χ1v) is 13.3. The summed E-state index contributed by atoms with van der Waals surface area (Å²) < 4.78 is 12.0. The Balaban J connectivity index is 1.33. The van der Waals surface area contributed by atoms with Crippen LogP contribution in [-0.4, -0.2) is 35.1 Å². The van der Waals surface area contributed by atoms with Crippen molar-refractivity contribution in [1.29, 1.82) is 0 Å². The number of pyridine rings is 1. The van der Waals surface area contributed by atoms with E-state index in [-0.39, 0.29) is 5.91 Å². The van der Waals surface area contributed by atoms with Crippen LogP contribution in [0, 0.1) is 0 Å². The van der Waals surface area contributed by atoms with Gasteiger partial charge in [-0.2, -0.15) is 0 Å². The summed E-state index contributed by atoms with van der Waals surface area (Å²) >= 11 is 1.56. The number of ether oxygens (including phenoxy) is 2. The lowest BCUT2D eigenvalue weighted by Crippen LogP contribution is -2.46. The fourth-order valence-electron chi connectivity index (χ4n) is 4.22. The molecule has 0 spiro atoms. The molecule has 0 saturated heterocycles. The lowest BCUT2D eigenvalue weighted by atomic mass is 10.1. The molecule has 36 heavy (non-hydrogen) atoms. The molecule has 0 aliphatic carbocycles. The Hall–Kier alpha value is -3.71. The molecule has 4 aromatic rings. The lowest BCUT2D eigenvalue weighted by molar-refractivity contribution is -0.126. The number of hydrogen-bond acceptors (Lipinski definition) is 6. The van der Waals surface area contributed by atoms with E-state index in [4.69, 9.17) is 14.5 Å². The molecule has 1 aliphatic heterocycles. The van der Waals surface area contributed by atoms with E-state index < -0.39 is 6.10 Å². The summed E-state index contributed by atoms with van der Waals surface area (Å²) in [6, 6.07) is 19.9. The number of nitrogens with zero attached hydrogens (tertiary/aromatic N) is 3. The Morgan fingerprint density at radius 2 is 1.92 bits per heavy atom. The molecule has 6 nitrogen and oxygen atoms in total. The molecule has 0 radical (unpaired) electrons. The normalized spacial score (nSPS) is 14.9. The van der Waals surface area contributed by atoms with Gasteiger partial charge in [0.25, 0.3) is 5.91 Å². The van der Waals surface area contributed by atoms with Crippen molar-refractivity contribution < 1.29 is 14.3 Å². The van der Waals surface area contributed by atoms with Gasteiger partial charge in [0.2, 0.25) is 0 Å². The van der Waals surface area contributed by atoms with E-state index in [1.807, 2.05) is 65.7 Å². The molecule has 1 atom stereocenters. The molecule has 184 valence electrons. The second-order valence-corrected chi connectivity index (χ2v) is 9.50. The largest absolute Gasteiger partial charge is 0.494 e. The number of hydrogen-bond donors (Lipinski definition) is 0. The third kappa shape index (κ3) is 5.11. The zero-order valence-corrected chi connectivity index (χ0v) is 21.3. The van der Waals surface area contributed by atoms with Gasteiger partial charge >= 0.3 is 0 Å². The van der Waals surface area contributed by atoms with Gasteiger partial charge in [-0.3, -0.25) is 9.78 Å². The van der Waals surface area contributed by atoms with Gasteiger partial charge in [0.15, 0.2) is 6.10 Å². The Morgan fingerprint density at radius 1 is 1.06 bits per heavy atom. The maximum Gasteiger partial charge on any atom is 0.268 e. The highest BCUT2D eigenvalue weighted by Gasteiger charge is 2.33. The molecular weight excluding hydrogens is 470 g/mol. The van der Waals surface area contributed by atoms with Crippen molar-refractivity contribution in [2.75, 3.05) is 18.1 Å². The number of carbonyl (C=O) groups is 1. The number of anilines is 1. The van der Waals surface area contributed by atoms with Crippen molar-refractivity contribution in [2.24, 2.45) is 0 Å². The van der Waals surface area contributed by atoms with Crippen LogP contribution in [0.25, 0.3) is 22.0 Å². The van der Waals surface area contributed by atoms with E-state index in [0.29, 0.717) is 26.0 Å². The first-order valence-electron chi connectivity index (χ1n) is 12.4. The third-order valence-corrected chi connectivity index (χ3v) is 7.11. The molecule has 2 aromatic carbocycles. The van der Waals surface area contributed by atoms with Gasteiger partial charge in [-0.1, -0.05) is 32.0 Å². The molecule has 7 heteroatoms. The van der Waals surface area contributed by atoms with Crippen LogP contribution < -0.4 is 14.4 Å². The van der Waals surface area contributed by atoms with Crippen LogP contribution in [0.5, 0.6) is 11.5 Å². The van der Waals surface area contributed by atoms with Crippen LogP contribution in [-0.2, 0) is 11.2 Å². The molecule has 0 N–H and O–H groups in total. The summed E-state index contributed by atoms with van der Waals surface area (Å²) in [5, 5.41) is 2.89. The van der Waals surface area contributed by atoms with Crippen molar-refractivity contribution in [3.05, 3.63) is 77.8 Å². The number of carbonyl (C=O) groups excluding carboxylic acids is 1. The summed E-state index contributed by atoms with van der Waals surface area (Å²) in [6.45, 7) is 5.19. The Labute approximate surface area is 215 Å². The molecule has 1 aliphatic rings. The van der Waals surface area contributed by atoms with Crippen molar-refractivity contribution in [3.63, 3.8) is 0 Å². The average Bonchev–Trinajstić information content (AvgIpc) is 3.43. The van der Waals surface area contributed by atoms with Gasteiger partial charge in [0.05, 0.1) is 23.7 Å². The fourth-order valence-corrected chi connectivity index (χ4v) is 5.02. The van der Waals surface area contributed by atoms with Gasteiger partial charge < -0.3 is 14.4 Å². The van der Waals surface area contributed by atoms with Crippen molar-refractivity contribution in [1.82, 2.24) is 9.97 Å². The number of thiazole rings is 1. The van der Waals surface area contributed by atoms with Crippen LogP contribution in [0.15, 0.2) is 72.2 Å². The predicted molar refractivity (Wildman–Crippen MR) is 144 cm³/mol. The van der Waals surface area contributed by atoms with Crippen molar-refractivity contribution >= 4 is 22.9 Å². The van der Waals surface area contributed by atoms with Gasteiger partial charge in [0, 0.05) is 23.7 Å². The van der Waals surface area contributed by atoms with Crippen LogP contribution in [0.2, 0.25) is 0 Å². The zero-order valence-electron chi connectivity index (χ0n) is 20.5. The first-order chi connectivity index (χ1) is 17.7. The maximum atomic E-state index is 13.2. The highest BCUT2D eigenvalue weighted by Crippen LogP contribution is 2.39. The number of amides is 1. The van der Waals surface area contributed by atoms with Gasteiger partial charge in [-0.05, 0) is 67.3 Å². The van der Waals surface area contributed by atoms with Crippen molar-refractivity contribution in [2.45, 2.75) is 39.2 Å². The van der Waals surface area contributed by atoms with E-state index in [0.717, 1.165) is 45.6 Å². The number of benzene rings is 2. The molecule has 0 fully saturated rings. The maximum absolute atomic E-state index is 13.2. The van der Waals surface area contributed by atoms with Gasteiger partial charge in [-0.25, -0.2) is 4.98 Å². The Morgan fingerprint density at radius 3 is 2.67 bits per heavy atom. The molecule has 3 heterocycles. The molecular formula is C29H29N3O3S. The van der Waals surface area contributed by atoms with E-state index in [9.17, 15) is 4.79 Å². The van der Waals surface area contributed by atoms with Gasteiger partial charge in [-0.15, -0.1) is 11.3 Å². The van der Waals surface area contributed by atoms with E-state index >= 15 is 0 Å². The second-order valence-electron chi connectivity index (χ2n) is 8.64. The summed E-state index contributed by atoms with van der Waals surface area (Å²) in [4.78, 5) is 24.3. The second kappa shape index (κ2) is 10.9. The molecule has 0 saturated carbocycles. The SMILES string of the molecule is CCc1ccc(OCCCN2C(=O)C(CC)Oc3ccc(-c4csc(-c5ccccn5)n4)cc32)cc1. The monoisotopic (exact) mass is 499 g/mol. The van der Waals surface area contributed by atoms with E-state index in [1.54, 1.807) is 17.5 Å². The molecule has 0 bridgehead atoms. The molecule has 1 amide bonds. The van der Waals surface area contributed by atoms with Crippen molar-refractivity contribution in [3.8, 4) is 33.5 Å². The smallest absolute Gasteiger partial charge is 0.268 e. The summed E-state index contributed by atoms with van der Waals surface area (Å²) in [7, 11) is 0. The number of rotatable bonds is 9. The average molecular weight is 500 g/mol. The fraction of sp³-hybridized carbons (Fsp3) is 0.276. The van der Waals surface area contributed by atoms with Crippen LogP contribution in [0.1, 0.15) is 32.3 Å². The molecule has 2 aromatic heterocycles. The minimum Gasteiger partial charge on any atom is -0.494 e. The Bertz CT molecular complexity index is 1320. The van der Waals surface area contributed by atoms with Crippen LogP contribution in [0.3, 0.4) is 0 Å². The van der Waals surface area contributed by atoms with E-state index in [1.165, 1.54) is 5.56 Å². The third-order valence-electron chi connectivity index (χ3n) is 6.24. The van der Waals surface area contributed by atoms with E-state index in [2.05, 4.69) is 24.0 Å². The summed E-state index contributed by atoms with van der Waals surface area (Å²) in [5.74, 6) is 1.56. The first kappa shape index (κ1) is 24.0. The minimum absolute atomic E-state index is 0.0121. The number of aromatic nitrogens is 2. The summed E-state index contributed by atoms with van der Waals surface area (Å²) in [6.07, 6.45) is 3.63.